The van der Waals surface area contributed by atoms with E-state index in [-0.39, 0.29) is 0 Å². The van der Waals surface area contributed by atoms with Crippen LogP contribution < -0.4 is 0 Å². The van der Waals surface area contributed by atoms with Gasteiger partial charge < -0.3 is 4.37 Å². The lowest BCUT2D eigenvalue weighted by molar-refractivity contribution is 1.37. The van der Waals surface area contributed by atoms with Crippen molar-refractivity contribution >= 4 is 23.8 Å². The molecule has 0 atom stereocenters. The summed E-state index contributed by atoms with van der Waals surface area (Å²) in [5.41, 5.74) is 1.21. The lowest BCUT2D eigenvalue weighted by atomic mass is 10.3. The standard InChI is InChI=1S/C5H7NS2/c1-3-4(2)8-6-5(3)7/h1-2H3,(H,6,7). The average molecular weight is 145 g/mol. The van der Waals surface area contributed by atoms with Crippen LogP contribution in [0.3, 0.4) is 0 Å². The van der Waals surface area contributed by atoms with Crippen molar-refractivity contribution in [2.24, 2.45) is 0 Å². The summed E-state index contributed by atoms with van der Waals surface area (Å²) in [4.78, 5) is 1.29. The molecule has 3 heteroatoms. The molecule has 0 fully saturated rings. The number of aryl methyl sites for hydroxylation is 1. The summed E-state index contributed by atoms with van der Waals surface area (Å²) in [7, 11) is 0. The highest BCUT2D eigenvalue weighted by atomic mass is 32.1. The molecule has 0 saturated carbocycles. The molecule has 44 valence electrons. The maximum atomic E-state index is 4.93. The molecule has 0 bridgehead atoms. The van der Waals surface area contributed by atoms with E-state index in [2.05, 4.69) is 11.3 Å². The molecular weight excluding hydrogens is 138 g/mol. The highest BCUT2D eigenvalue weighted by molar-refractivity contribution is 7.71. The van der Waals surface area contributed by atoms with Gasteiger partial charge in [0, 0.05) is 4.88 Å². The molecule has 1 aromatic rings. The Kier molecular flexibility index (Phi) is 1.49. The molecule has 0 aliphatic heterocycles. The Labute approximate surface area is 57.5 Å². The quantitative estimate of drug-likeness (QED) is 0.554. The van der Waals surface area contributed by atoms with Crippen molar-refractivity contribution in [3.8, 4) is 0 Å². The van der Waals surface area contributed by atoms with Gasteiger partial charge in [-0.1, -0.05) is 23.8 Å². The van der Waals surface area contributed by atoms with Gasteiger partial charge in [-0.3, -0.25) is 0 Å². The number of hydrogen-bond acceptors (Lipinski definition) is 2. The first-order chi connectivity index (χ1) is 3.72. The molecule has 0 radical (unpaired) electrons. The Hall–Kier alpha value is -0.150. The minimum atomic E-state index is 0.882. The van der Waals surface area contributed by atoms with E-state index in [1.807, 2.05) is 6.92 Å². The van der Waals surface area contributed by atoms with Gasteiger partial charge in [0.2, 0.25) is 0 Å². The van der Waals surface area contributed by atoms with Gasteiger partial charge in [0.05, 0.1) is 0 Å². The molecule has 1 aromatic heterocycles. The van der Waals surface area contributed by atoms with E-state index in [1.165, 1.54) is 10.4 Å². The van der Waals surface area contributed by atoms with E-state index in [1.54, 1.807) is 11.5 Å². The largest absolute Gasteiger partial charge is 0.302 e. The summed E-state index contributed by atoms with van der Waals surface area (Å²) >= 11 is 6.53. The Morgan fingerprint density at radius 2 is 2.12 bits per heavy atom. The van der Waals surface area contributed by atoms with Crippen LogP contribution >= 0.6 is 23.8 Å². The maximum absolute atomic E-state index is 4.93. The minimum absolute atomic E-state index is 0.882. The summed E-state index contributed by atoms with van der Waals surface area (Å²) in [5, 5.41) is 0. The summed E-state index contributed by atoms with van der Waals surface area (Å²) < 4.78 is 3.88. The topological polar surface area (TPSA) is 15.8 Å². The first-order valence-corrected chi connectivity index (χ1v) is 3.59. The van der Waals surface area contributed by atoms with Crippen LogP contribution in [0, 0.1) is 18.5 Å². The van der Waals surface area contributed by atoms with E-state index < -0.39 is 0 Å². The Morgan fingerprint density at radius 1 is 1.50 bits per heavy atom. The Bertz CT molecular complexity index is 233. The van der Waals surface area contributed by atoms with Gasteiger partial charge in [-0.25, -0.2) is 0 Å². The van der Waals surface area contributed by atoms with E-state index in [9.17, 15) is 0 Å². The van der Waals surface area contributed by atoms with Crippen molar-refractivity contribution in [1.29, 1.82) is 0 Å². The highest BCUT2D eigenvalue weighted by Gasteiger charge is 1.93. The smallest absolute Gasteiger partial charge is 0.116 e. The first kappa shape index (κ1) is 5.98. The van der Waals surface area contributed by atoms with E-state index in [0.29, 0.717) is 0 Å². The second-order valence-electron chi connectivity index (χ2n) is 1.71. The predicted molar refractivity (Wildman–Crippen MR) is 39.0 cm³/mol. The van der Waals surface area contributed by atoms with Gasteiger partial charge in [-0.05, 0) is 19.4 Å². The Balaban J connectivity index is 3.41. The molecule has 1 nitrogen and oxygen atoms in total. The monoisotopic (exact) mass is 145 g/mol. The van der Waals surface area contributed by atoms with Crippen LogP contribution in [0.25, 0.3) is 0 Å². The summed E-state index contributed by atoms with van der Waals surface area (Å²) in [6.45, 7) is 4.09. The number of rotatable bonds is 0. The number of aromatic nitrogens is 1. The molecule has 0 aromatic carbocycles. The normalized spacial score (nSPS) is 9.75. The lowest BCUT2D eigenvalue weighted by Crippen LogP contribution is -1.66. The molecule has 0 aliphatic rings. The molecule has 0 unspecified atom stereocenters. The van der Waals surface area contributed by atoms with Crippen molar-refractivity contribution in [3.05, 3.63) is 15.1 Å². The highest BCUT2D eigenvalue weighted by Crippen LogP contribution is 2.11. The van der Waals surface area contributed by atoms with E-state index in [0.717, 1.165) is 4.64 Å². The van der Waals surface area contributed by atoms with Crippen molar-refractivity contribution < 1.29 is 0 Å². The van der Waals surface area contributed by atoms with Gasteiger partial charge in [0.15, 0.2) is 0 Å². The fourth-order valence-corrected chi connectivity index (χ4v) is 1.43. The van der Waals surface area contributed by atoms with Gasteiger partial charge >= 0.3 is 0 Å². The predicted octanol–water partition coefficient (Wildman–Crippen LogP) is 2.42. The lowest BCUT2D eigenvalue weighted by Gasteiger charge is -1.78. The van der Waals surface area contributed by atoms with Crippen LogP contribution in [0.4, 0.5) is 0 Å². The maximum Gasteiger partial charge on any atom is 0.116 e. The van der Waals surface area contributed by atoms with Crippen LogP contribution in [0.1, 0.15) is 10.4 Å². The SMILES string of the molecule is Cc1s[nH]c(=S)c1C. The van der Waals surface area contributed by atoms with Gasteiger partial charge in [0.1, 0.15) is 4.64 Å². The summed E-state index contributed by atoms with van der Waals surface area (Å²) in [6.07, 6.45) is 0. The second kappa shape index (κ2) is 1.99. The molecule has 1 heterocycles. The van der Waals surface area contributed by atoms with Crippen LogP contribution in [-0.2, 0) is 0 Å². The minimum Gasteiger partial charge on any atom is -0.302 e. The first-order valence-electron chi connectivity index (χ1n) is 2.36. The van der Waals surface area contributed by atoms with Gasteiger partial charge in [-0.2, -0.15) is 0 Å². The third kappa shape index (κ3) is 0.833. The Morgan fingerprint density at radius 3 is 2.25 bits per heavy atom. The van der Waals surface area contributed by atoms with Crippen LogP contribution in [0.2, 0.25) is 0 Å². The van der Waals surface area contributed by atoms with E-state index >= 15 is 0 Å². The third-order valence-electron chi connectivity index (χ3n) is 1.17. The van der Waals surface area contributed by atoms with Crippen molar-refractivity contribution in [2.75, 3.05) is 0 Å². The van der Waals surface area contributed by atoms with Crippen molar-refractivity contribution in [3.63, 3.8) is 0 Å². The number of aromatic amines is 1. The van der Waals surface area contributed by atoms with Crippen molar-refractivity contribution in [1.82, 2.24) is 4.37 Å². The fraction of sp³-hybridized carbons (Fsp3) is 0.400. The average Bonchev–Trinajstić information content (AvgIpc) is 1.98. The van der Waals surface area contributed by atoms with Crippen LogP contribution in [0.15, 0.2) is 0 Å². The zero-order valence-corrected chi connectivity index (χ0v) is 6.45. The third-order valence-corrected chi connectivity index (χ3v) is 2.62. The summed E-state index contributed by atoms with van der Waals surface area (Å²) in [6, 6.07) is 0. The molecule has 1 N–H and O–H groups in total. The molecule has 8 heavy (non-hydrogen) atoms. The number of nitrogens with one attached hydrogen (secondary N) is 1. The number of H-pyrrole nitrogens is 1. The zero-order chi connectivity index (χ0) is 6.15. The second-order valence-corrected chi connectivity index (χ2v) is 3.14. The van der Waals surface area contributed by atoms with Crippen molar-refractivity contribution in [2.45, 2.75) is 13.8 Å². The zero-order valence-electron chi connectivity index (χ0n) is 4.82. The molecular formula is C5H7NS2. The van der Waals surface area contributed by atoms with E-state index in [4.69, 9.17) is 12.2 Å². The molecule has 0 aliphatic carbocycles. The summed E-state index contributed by atoms with van der Waals surface area (Å²) in [5.74, 6) is 0. The number of hydrogen-bond donors (Lipinski definition) is 1. The van der Waals surface area contributed by atoms with Crippen LogP contribution in [-0.4, -0.2) is 4.37 Å². The molecule has 0 spiro atoms. The van der Waals surface area contributed by atoms with Crippen LogP contribution in [0.5, 0.6) is 0 Å². The molecule has 0 saturated heterocycles. The van der Waals surface area contributed by atoms with Gasteiger partial charge in [0.25, 0.3) is 0 Å². The van der Waals surface area contributed by atoms with Gasteiger partial charge in [-0.15, -0.1) is 0 Å². The fourth-order valence-electron chi connectivity index (χ4n) is 0.436. The molecule has 1 rings (SSSR count). The molecule has 0 amide bonds.